The second-order valence-corrected chi connectivity index (χ2v) is 6.26. The van der Waals surface area contributed by atoms with Crippen LogP contribution in [0.15, 0.2) is 48.8 Å². The zero-order chi connectivity index (χ0) is 16.4. The summed E-state index contributed by atoms with van der Waals surface area (Å²) in [6.45, 7) is 6.89. The Balaban J connectivity index is 1.65. The van der Waals surface area contributed by atoms with Crippen LogP contribution >= 0.6 is 0 Å². The maximum atomic E-state index is 5.43. The maximum absolute atomic E-state index is 5.43. The average molecular weight is 319 g/mol. The Morgan fingerprint density at radius 2 is 1.88 bits per heavy atom. The van der Waals surface area contributed by atoms with Crippen LogP contribution in [0.1, 0.15) is 11.1 Å². The van der Waals surface area contributed by atoms with Gasteiger partial charge in [0.15, 0.2) is 0 Å². The van der Waals surface area contributed by atoms with Crippen molar-refractivity contribution in [1.82, 2.24) is 14.9 Å². The predicted molar refractivity (Wildman–Crippen MR) is 95.8 cm³/mol. The molecule has 1 saturated heterocycles. The van der Waals surface area contributed by atoms with Gasteiger partial charge in [0.1, 0.15) is 0 Å². The van der Waals surface area contributed by atoms with Gasteiger partial charge in [-0.15, -0.1) is 0 Å². The van der Waals surface area contributed by atoms with Crippen LogP contribution in [0.4, 0.5) is 0 Å². The van der Waals surface area contributed by atoms with E-state index in [4.69, 9.17) is 4.74 Å². The van der Waals surface area contributed by atoms with Crippen molar-refractivity contribution in [3.8, 4) is 11.1 Å². The molecule has 1 fully saturated rings. The van der Waals surface area contributed by atoms with Crippen LogP contribution in [0.3, 0.4) is 0 Å². The molecule has 4 rings (SSSR count). The number of ether oxygens (including phenoxy) is 1. The first-order valence-corrected chi connectivity index (χ1v) is 8.41. The van der Waals surface area contributed by atoms with Gasteiger partial charge in [0.05, 0.1) is 24.2 Å². The molecule has 0 atom stereocenters. The normalized spacial score (nSPS) is 15.7. The molecule has 1 aliphatic rings. The summed E-state index contributed by atoms with van der Waals surface area (Å²) in [7, 11) is 0. The first-order chi connectivity index (χ1) is 11.8. The summed E-state index contributed by atoms with van der Waals surface area (Å²) in [5.74, 6) is 0. The highest BCUT2D eigenvalue weighted by molar-refractivity contribution is 5.91. The second-order valence-electron chi connectivity index (χ2n) is 6.26. The van der Waals surface area contributed by atoms with E-state index in [-0.39, 0.29) is 0 Å². The predicted octanol–water partition coefficient (Wildman–Crippen LogP) is 3.44. The number of aryl methyl sites for hydroxylation is 1. The fourth-order valence-electron chi connectivity index (χ4n) is 3.27. The van der Waals surface area contributed by atoms with E-state index in [2.05, 4.69) is 46.1 Å². The second kappa shape index (κ2) is 6.67. The first-order valence-electron chi connectivity index (χ1n) is 8.41. The number of hydrogen-bond acceptors (Lipinski definition) is 4. The molecule has 0 aliphatic carbocycles. The number of benzene rings is 2. The number of rotatable bonds is 3. The van der Waals surface area contributed by atoms with E-state index in [9.17, 15) is 0 Å². The van der Waals surface area contributed by atoms with Crippen molar-refractivity contribution < 1.29 is 4.74 Å². The number of para-hydroxylation sites is 1. The Morgan fingerprint density at radius 1 is 1.04 bits per heavy atom. The highest BCUT2D eigenvalue weighted by atomic mass is 16.5. The summed E-state index contributed by atoms with van der Waals surface area (Å²) < 4.78 is 5.43. The SMILES string of the molecule is Cc1cc(-c2cccc3nccnc23)ccc1CN1CCOCC1. The van der Waals surface area contributed by atoms with E-state index in [0.29, 0.717) is 0 Å². The third-order valence-electron chi connectivity index (χ3n) is 4.65. The molecule has 0 unspecified atom stereocenters. The molecular weight excluding hydrogens is 298 g/mol. The van der Waals surface area contributed by atoms with E-state index >= 15 is 0 Å². The third-order valence-corrected chi connectivity index (χ3v) is 4.65. The monoisotopic (exact) mass is 319 g/mol. The summed E-state index contributed by atoms with van der Waals surface area (Å²) in [6, 6.07) is 12.9. The molecule has 0 N–H and O–H groups in total. The first kappa shape index (κ1) is 15.2. The Hall–Kier alpha value is -2.30. The molecule has 4 heteroatoms. The maximum Gasteiger partial charge on any atom is 0.0965 e. The molecule has 24 heavy (non-hydrogen) atoms. The largest absolute Gasteiger partial charge is 0.379 e. The third kappa shape index (κ3) is 3.03. The molecule has 0 amide bonds. The van der Waals surface area contributed by atoms with E-state index in [1.807, 2.05) is 12.1 Å². The van der Waals surface area contributed by atoms with Crippen LogP contribution in [-0.2, 0) is 11.3 Å². The molecule has 1 aromatic heterocycles. The quantitative estimate of drug-likeness (QED) is 0.741. The minimum absolute atomic E-state index is 0.839. The fourth-order valence-corrected chi connectivity index (χ4v) is 3.27. The van der Waals surface area contributed by atoms with Crippen molar-refractivity contribution in [2.75, 3.05) is 26.3 Å². The van der Waals surface area contributed by atoms with Crippen LogP contribution in [0.2, 0.25) is 0 Å². The lowest BCUT2D eigenvalue weighted by molar-refractivity contribution is 0.0341. The molecule has 1 aliphatic heterocycles. The van der Waals surface area contributed by atoms with Crippen molar-refractivity contribution >= 4 is 11.0 Å². The van der Waals surface area contributed by atoms with Crippen molar-refractivity contribution in [3.63, 3.8) is 0 Å². The van der Waals surface area contributed by atoms with Gasteiger partial charge in [-0.05, 0) is 29.7 Å². The van der Waals surface area contributed by atoms with Gasteiger partial charge in [-0.25, -0.2) is 0 Å². The van der Waals surface area contributed by atoms with Gasteiger partial charge in [0, 0.05) is 37.6 Å². The van der Waals surface area contributed by atoms with Gasteiger partial charge in [0.2, 0.25) is 0 Å². The summed E-state index contributed by atoms with van der Waals surface area (Å²) in [5.41, 5.74) is 6.93. The molecule has 0 radical (unpaired) electrons. The van der Waals surface area contributed by atoms with Gasteiger partial charge >= 0.3 is 0 Å². The fraction of sp³-hybridized carbons (Fsp3) is 0.300. The van der Waals surface area contributed by atoms with E-state index < -0.39 is 0 Å². The molecular formula is C20H21N3O. The van der Waals surface area contributed by atoms with Crippen LogP contribution in [-0.4, -0.2) is 41.2 Å². The lowest BCUT2D eigenvalue weighted by Gasteiger charge is -2.27. The van der Waals surface area contributed by atoms with E-state index in [0.717, 1.165) is 49.4 Å². The number of nitrogens with zero attached hydrogens (tertiary/aromatic N) is 3. The molecule has 122 valence electrons. The van der Waals surface area contributed by atoms with Crippen LogP contribution in [0.25, 0.3) is 22.2 Å². The molecule has 4 nitrogen and oxygen atoms in total. The van der Waals surface area contributed by atoms with Gasteiger partial charge < -0.3 is 4.74 Å². The number of morpholine rings is 1. The lowest BCUT2D eigenvalue weighted by atomic mass is 9.98. The summed E-state index contributed by atoms with van der Waals surface area (Å²) in [4.78, 5) is 11.4. The number of aromatic nitrogens is 2. The molecule has 3 aromatic rings. The van der Waals surface area contributed by atoms with Crippen molar-refractivity contribution in [3.05, 3.63) is 59.9 Å². The van der Waals surface area contributed by atoms with Crippen molar-refractivity contribution in [2.45, 2.75) is 13.5 Å². The topological polar surface area (TPSA) is 38.2 Å². The van der Waals surface area contributed by atoms with Crippen molar-refractivity contribution in [2.24, 2.45) is 0 Å². The van der Waals surface area contributed by atoms with Gasteiger partial charge in [0.25, 0.3) is 0 Å². The Labute approximate surface area is 142 Å². The van der Waals surface area contributed by atoms with Crippen LogP contribution < -0.4 is 0 Å². The Morgan fingerprint density at radius 3 is 2.71 bits per heavy atom. The molecule has 2 aromatic carbocycles. The van der Waals surface area contributed by atoms with Crippen LogP contribution in [0, 0.1) is 6.92 Å². The zero-order valence-corrected chi connectivity index (χ0v) is 13.9. The molecule has 0 bridgehead atoms. The average Bonchev–Trinajstić information content (AvgIpc) is 2.64. The smallest absolute Gasteiger partial charge is 0.0965 e. The molecule has 2 heterocycles. The van der Waals surface area contributed by atoms with Gasteiger partial charge in [-0.2, -0.15) is 0 Å². The molecule has 0 saturated carbocycles. The standard InChI is InChI=1S/C20H21N3O/c1-15-13-16(5-6-17(15)14-23-9-11-24-12-10-23)18-3-2-4-19-20(18)22-8-7-21-19/h2-8,13H,9-12,14H2,1H3. The summed E-state index contributed by atoms with van der Waals surface area (Å²) >= 11 is 0. The number of hydrogen-bond donors (Lipinski definition) is 0. The van der Waals surface area contributed by atoms with E-state index in [1.54, 1.807) is 12.4 Å². The Kier molecular flexibility index (Phi) is 4.24. The van der Waals surface area contributed by atoms with Crippen LogP contribution in [0.5, 0.6) is 0 Å². The molecule has 0 spiro atoms. The van der Waals surface area contributed by atoms with E-state index in [1.165, 1.54) is 16.7 Å². The highest BCUT2D eigenvalue weighted by Crippen LogP contribution is 2.28. The van der Waals surface area contributed by atoms with Gasteiger partial charge in [-0.3, -0.25) is 14.9 Å². The number of fused-ring (bicyclic) bond motifs is 1. The summed E-state index contributed by atoms with van der Waals surface area (Å²) in [6.07, 6.45) is 3.49. The zero-order valence-electron chi connectivity index (χ0n) is 13.9. The summed E-state index contributed by atoms with van der Waals surface area (Å²) in [5, 5.41) is 0. The minimum atomic E-state index is 0.839. The van der Waals surface area contributed by atoms with Gasteiger partial charge in [-0.1, -0.05) is 30.3 Å². The lowest BCUT2D eigenvalue weighted by Crippen LogP contribution is -2.35. The Bertz CT molecular complexity index is 851. The highest BCUT2D eigenvalue weighted by Gasteiger charge is 2.13. The van der Waals surface area contributed by atoms with Crippen molar-refractivity contribution in [1.29, 1.82) is 0 Å². The minimum Gasteiger partial charge on any atom is -0.379 e.